The first-order valence-electron chi connectivity index (χ1n) is 8.31. The van der Waals surface area contributed by atoms with Crippen LogP contribution in [0.25, 0.3) is 0 Å². The Balaban J connectivity index is 1.62. The molecule has 3 heteroatoms. The van der Waals surface area contributed by atoms with Crippen molar-refractivity contribution in [2.24, 2.45) is 0 Å². The smallest absolute Gasteiger partial charge is 0.119 e. The molecule has 0 spiro atoms. The molecule has 3 rings (SSSR count). The molecule has 1 N–H and O–H groups in total. The molecular formula is C18H28N2O. The summed E-state index contributed by atoms with van der Waals surface area (Å²) in [5.41, 5.74) is 2.93. The first kappa shape index (κ1) is 14.9. The highest BCUT2D eigenvalue weighted by Crippen LogP contribution is 2.32. The quantitative estimate of drug-likeness (QED) is 0.870. The summed E-state index contributed by atoms with van der Waals surface area (Å²) in [5.74, 6) is 0.983. The third kappa shape index (κ3) is 3.41. The fourth-order valence-electron chi connectivity index (χ4n) is 3.43. The van der Waals surface area contributed by atoms with Gasteiger partial charge in [0.25, 0.3) is 0 Å². The van der Waals surface area contributed by atoms with E-state index in [0.29, 0.717) is 12.1 Å². The first-order chi connectivity index (χ1) is 10.2. The molecule has 0 saturated heterocycles. The van der Waals surface area contributed by atoms with Gasteiger partial charge in [-0.1, -0.05) is 6.07 Å². The zero-order valence-electron chi connectivity index (χ0n) is 13.6. The van der Waals surface area contributed by atoms with Crippen molar-refractivity contribution < 1.29 is 4.74 Å². The van der Waals surface area contributed by atoms with Crippen LogP contribution in [0, 0.1) is 0 Å². The van der Waals surface area contributed by atoms with Crippen LogP contribution in [-0.2, 0) is 6.42 Å². The van der Waals surface area contributed by atoms with Gasteiger partial charge in [0.05, 0.1) is 7.11 Å². The molecule has 2 aliphatic carbocycles. The number of hydrogen-bond acceptors (Lipinski definition) is 3. The van der Waals surface area contributed by atoms with Gasteiger partial charge in [0.15, 0.2) is 0 Å². The number of fused-ring (bicyclic) bond motifs is 1. The molecule has 0 radical (unpaired) electrons. The highest BCUT2D eigenvalue weighted by Gasteiger charge is 2.29. The molecule has 1 fully saturated rings. The van der Waals surface area contributed by atoms with Crippen LogP contribution >= 0.6 is 0 Å². The Labute approximate surface area is 128 Å². The van der Waals surface area contributed by atoms with Gasteiger partial charge in [-0.2, -0.15) is 0 Å². The highest BCUT2D eigenvalue weighted by atomic mass is 16.5. The monoisotopic (exact) mass is 288 g/mol. The van der Waals surface area contributed by atoms with Crippen LogP contribution in [0.4, 0.5) is 0 Å². The largest absolute Gasteiger partial charge is 0.497 e. The van der Waals surface area contributed by atoms with E-state index in [2.05, 4.69) is 42.4 Å². The van der Waals surface area contributed by atoms with Crippen LogP contribution in [0.15, 0.2) is 18.2 Å². The number of rotatable bonds is 6. The summed E-state index contributed by atoms with van der Waals surface area (Å²) in [6.45, 7) is 3.41. The van der Waals surface area contributed by atoms with E-state index < -0.39 is 0 Å². The molecule has 0 aromatic heterocycles. The van der Waals surface area contributed by atoms with Crippen LogP contribution in [0.1, 0.15) is 49.8 Å². The molecule has 0 amide bonds. The minimum atomic E-state index is 0.509. The van der Waals surface area contributed by atoms with Gasteiger partial charge < -0.3 is 10.1 Å². The molecule has 3 nitrogen and oxygen atoms in total. The lowest BCUT2D eigenvalue weighted by atomic mass is 9.87. The second kappa shape index (κ2) is 6.37. The van der Waals surface area contributed by atoms with E-state index >= 15 is 0 Å². The van der Waals surface area contributed by atoms with E-state index in [1.165, 1.54) is 43.2 Å². The first-order valence-corrected chi connectivity index (χ1v) is 8.31. The summed E-state index contributed by atoms with van der Waals surface area (Å²) >= 11 is 0. The number of ether oxygens (including phenoxy) is 1. The average molecular weight is 288 g/mol. The Morgan fingerprint density at radius 1 is 1.33 bits per heavy atom. The van der Waals surface area contributed by atoms with Crippen LogP contribution in [-0.4, -0.2) is 37.7 Å². The number of nitrogens with one attached hydrogen (secondary N) is 1. The molecular weight excluding hydrogens is 260 g/mol. The predicted molar refractivity (Wildman–Crippen MR) is 86.9 cm³/mol. The van der Waals surface area contributed by atoms with E-state index in [0.717, 1.165) is 18.3 Å². The Kier molecular flexibility index (Phi) is 4.51. The number of aryl methyl sites for hydroxylation is 1. The summed E-state index contributed by atoms with van der Waals surface area (Å²) in [7, 11) is 4.01. The number of hydrogen-bond donors (Lipinski definition) is 1. The minimum Gasteiger partial charge on any atom is -0.497 e. The van der Waals surface area contributed by atoms with Gasteiger partial charge in [0, 0.05) is 24.7 Å². The van der Waals surface area contributed by atoms with Gasteiger partial charge in [-0.3, -0.25) is 4.90 Å². The van der Waals surface area contributed by atoms with Crippen molar-refractivity contribution >= 4 is 0 Å². The maximum atomic E-state index is 5.35. The predicted octanol–water partition coefficient (Wildman–Crippen LogP) is 3.14. The van der Waals surface area contributed by atoms with Gasteiger partial charge in [-0.25, -0.2) is 0 Å². The summed E-state index contributed by atoms with van der Waals surface area (Å²) in [4.78, 5) is 2.53. The highest BCUT2D eigenvalue weighted by molar-refractivity contribution is 5.39. The number of nitrogens with zero attached hydrogens (tertiary/aromatic N) is 1. The number of methoxy groups -OCH3 is 1. The molecule has 116 valence electrons. The fourth-order valence-corrected chi connectivity index (χ4v) is 3.43. The van der Waals surface area contributed by atoms with E-state index in [4.69, 9.17) is 4.74 Å². The second-order valence-electron chi connectivity index (χ2n) is 6.66. The second-order valence-corrected chi connectivity index (χ2v) is 6.66. The molecule has 2 aliphatic rings. The average Bonchev–Trinajstić information content (AvgIpc) is 3.35. The molecule has 2 atom stereocenters. The van der Waals surface area contributed by atoms with E-state index in [1.54, 1.807) is 7.11 Å². The normalized spacial score (nSPS) is 23.0. The van der Waals surface area contributed by atoms with Gasteiger partial charge in [0.1, 0.15) is 5.75 Å². The van der Waals surface area contributed by atoms with E-state index in [9.17, 15) is 0 Å². The van der Waals surface area contributed by atoms with Crippen molar-refractivity contribution in [1.29, 1.82) is 0 Å². The van der Waals surface area contributed by atoms with Crippen LogP contribution in [0.3, 0.4) is 0 Å². The number of likely N-dealkylation sites (N-methyl/N-ethyl adjacent to an activating group) is 1. The van der Waals surface area contributed by atoms with Crippen molar-refractivity contribution in [2.45, 2.75) is 57.2 Å². The Morgan fingerprint density at radius 2 is 2.14 bits per heavy atom. The number of benzene rings is 1. The van der Waals surface area contributed by atoms with E-state index in [-0.39, 0.29) is 0 Å². The SMILES string of the molecule is COc1ccc2c(c1)CCCC2NCC(C)N(C)C1CC1. The standard InChI is InChI=1S/C18H28N2O/c1-13(20(2)15-7-8-15)12-19-18-6-4-5-14-11-16(21-3)9-10-17(14)18/h9-11,13,15,18-19H,4-8,12H2,1-3H3. The molecule has 1 saturated carbocycles. The maximum Gasteiger partial charge on any atom is 0.119 e. The van der Waals surface area contributed by atoms with Crippen molar-refractivity contribution in [3.8, 4) is 5.75 Å². The van der Waals surface area contributed by atoms with Gasteiger partial charge >= 0.3 is 0 Å². The minimum absolute atomic E-state index is 0.509. The lowest BCUT2D eigenvalue weighted by molar-refractivity contribution is 0.233. The molecule has 0 aliphatic heterocycles. The Hall–Kier alpha value is -1.06. The lowest BCUT2D eigenvalue weighted by Crippen LogP contribution is -2.40. The zero-order valence-corrected chi connectivity index (χ0v) is 13.6. The molecule has 1 aromatic rings. The third-order valence-electron chi connectivity index (χ3n) is 5.14. The van der Waals surface area contributed by atoms with Gasteiger partial charge in [-0.15, -0.1) is 0 Å². The molecule has 2 unspecified atom stereocenters. The molecule has 1 aromatic carbocycles. The van der Waals surface area contributed by atoms with Crippen LogP contribution in [0.2, 0.25) is 0 Å². The summed E-state index contributed by atoms with van der Waals surface area (Å²) in [6, 6.07) is 8.52. The molecule has 0 bridgehead atoms. The summed E-state index contributed by atoms with van der Waals surface area (Å²) in [6.07, 6.45) is 6.46. The van der Waals surface area contributed by atoms with Gasteiger partial charge in [0.2, 0.25) is 0 Å². The van der Waals surface area contributed by atoms with Gasteiger partial charge in [-0.05, 0) is 69.3 Å². The van der Waals surface area contributed by atoms with E-state index in [1.807, 2.05) is 0 Å². The van der Waals surface area contributed by atoms with Crippen LogP contribution < -0.4 is 10.1 Å². The molecule has 21 heavy (non-hydrogen) atoms. The third-order valence-corrected chi connectivity index (χ3v) is 5.14. The Bertz CT molecular complexity index is 484. The fraction of sp³-hybridized carbons (Fsp3) is 0.667. The van der Waals surface area contributed by atoms with Crippen molar-refractivity contribution in [1.82, 2.24) is 10.2 Å². The Morgan fingerprint density at radius 3 is 2.86 bits per heavy atom. The lowest BCUT2D eigenvalue weighted by Gasteiger charge is -2.30. The molecule has 0 heterocycles. The van der Waals surface area contributed by atoms with Crippen molar-refractivity contribution in [2.75, 3.05) is 20.7 Å². The maximum absolute atomic E-state index is 5.35. The van der Waals surface area contributed by atoms with Crippen molar-refractivity contribution in [3.05, 3.63) is 29.3 Å². The zero-order chi connectivity index (χ0) is 14.8. The topological polar surface area (TPSA) is 24.5 Å². The van der Waals surface area contributed by atoms with Crippen molar-refractivity contribution in [3.63, 3.8) is 0 Å². The summed E-state index contributed by atoms with van der Waals surface area (Å²) < 4.78 is 5.35. The van der Waals surface area contributed by atoms with Crippen LogP contribution in [0.5, 0.6) is 5.75 Å². The summed E-state index contributed by atoms with van der Waals surface area (Å²) in [5, 5.41) is 3.80.